The molecule has 0 heterocycles. The highest BCUT2D eigenvalue weighted by atomic mass is 16.5. The number of rotatable bonds is 3. The normalized spacial score (nSPS) is 39.0. The molecule has 1 N–H and O–H groups in total. The van der Waals surface area contributed by atoms with Crippen molar-refractivity contribution in [3.63, 3.8) is 0 Å². The summed E-state index contributed by atoms with van der Waals surface area (Å²) in [4.78, 5) is 23.4. The molecular weight excluding hydrogens is 256 g/mol. The van der Waals surface area contributed by atoms with Crippen molar-refractivity contribution < 1.29 is 19.4 Å². The average Bonchev–Trinajstić information content (AvgIpc) is 2.77. The Balaban J connectivity index is 2.12. The van der Waals surface area contributed by atoms with Gasteiger partial charge in [0.2, 0.25) is 0 Å². The Kier molecular flexibility index (Phi) is 4.52. The Labute approximate surface area is 120 Å². The monoisotopic (exact) mass is 282 g/mol. The van der Waals surface area contributed by atoms with Crippen molar-refractivity contribution in [2.45, 2.75) is 59.0 Å². The predicted octanol–water partition coefficient (Wildman–Crippen LogP) is 2.33. The number of ketones is 1. The standard InChI is InChI=1S/C16H26O4/c1-10(9-20-12(3)17)13-6-7-14(18)16(15(13)19)8-4-5-11(16)2/h10-11,13,15,19H,4-9H2,1-3H3/t10?,11-,13+,15-,16+/m0/s1. The molecule has 1 spiro atoms. The summed E-state index contributed by atoms with van der Waals surface area (Å²) in [6.07, 6.45) is 3.52. The lowest BCUT2D eigenvalue weighted by Crippen LogP contribution is -2.53. The van der Waals surface area contributed by atoms with Crippen molar-refractivity contribution in [3.8, 4) is 0 Å². The predicted molar refractivity (Wildman–Crippen MR) is 75.0 cm³/mol. The summed E-state index contributed by atoms with van der Waals surface area (Å²) in [7, 11) is 0. The maximum Gasteiger partial charge on any atom is 0.302 e. The van der Waals surface area contributed by atoms with Gasteiger partial charge in [-0.05, 0) is 37.0 Å². The Morgan fingerprint density at radius 1 is 1.50 bits per heavy atom. The molecular formula is C16H26O4. The van der Waals surface area contributed by atoms with E-state index >= 15 is 0 Å². The molecule has 2 aliphatic carbocycles. The largest absolute Gasteiger partial charge is 0.466 e. The number of ether oxygens (including phenoxy) is 1. The van der Waals surface area contributed by atoms with Crippen LogP contribution in [0.4, 0.5) is 0 Å². The minimum atomic E-state index is -0.591. The van der Waals surface area contributed by atoms with Crippen molar-refractivity contribution in [3.05, 3.63) is 0 Å². The van der Waals surface area contributed by atoms with Gasteiger partial charge < -0.3 is 9.84 Å². The molecule has 0 radical (unpaired) electrons. The summed E-state index contributed by atoms with van der Waals surface area (Å²) in [5, 5.41) is 10.8. The first kappa shape index (κ1) is 15.5. The molecule has 4 nitrogen and oxygen atoms in total. The summed E-state index contributed by atoms with van der Waals surface area (Å²) in [5.74, 6) is 0.348. The van der Waals surface area contributed by atoms with Gasteiger partial charge in [0, 0.05) is 13.3 Å². The average molecular weight is 282 g/mol. The van der Waals surface area contributed by atoms with Crippen LogP contribution in [0.1, 0.15) is 52.9 Å². The topological polar surface area (TPSA) is 63.6 Å². The third kappa shape index (κ3) is 2.50. The third-order valence-corrected chi connectivity index (χ3v) is 5.54. The number of carbonyl (C=O) groups excluding carboxylic acids is 2. The lowest BCUT2D eigenvalue weighted by molar-refractivity contribution is -0.156. The first-order valence-electron chi connectivity index (χ1n) is 7.74. The molecule has 1 unspecified atom stereocenters. The quantitative estimate of drug-likeness (QED) is 0.807. The molecule has 0 aromatic heterocycles. The van der Waals surface area contributed by atoms with Crippen LogP contribution in [0.5, 0.6) is 0 Å². The smallest absolute Gasteiger partial charge is 0.302 e. The minimum Gasteiger partial charge on any atom is -0.466 e. The molecule has 114 valence electrons. The fraction of sp³-hybridized carbons (Fsp3) is 0.875. The summed E-state index contributed by atoms with van der Waals surface area (Å²) in [5.41, 5.74) is -0.534. The van der Waals surface area contributed by atoms with E-state index in [1.54, 1.807) is 0 Å². The molecule has 0 aliphatic heterocycles. The fourth-order valence-corrected chi connectivity index (χ4v) is 4.26. The number of aliphatic hydroxyl groups excluding tert-OH is 1. The zero-order chi connectivity index (χ0) is 14.9. The van der Waals surface area contributed by atoms with Gasteiger partial charge in [0.1, 0.15) is 5.78 Å². The second-order valence-electron chi connectivity index (χ2n) is 6.68. The van der Waals surface area contributed by atoms with Gasteiger partial charge in [-0.3, -0.25) is 9.59 Å². The van der Waals surface area contributed by atoms with E-state index in [0.29, 0.717) is 19.4 Å². The van der Waals surface area contributed by atoms with E-state index in [0.717, 1.165) is 19.3 Å². The van der Waals surface area contributed by atoms with Crippen molar-refractivity contribution in [1.29, 1.82) is 0 Å². The van der Waals surface area contributed by atoms with Gasteiger partial charge in [-0.1, -0.05) is 20.3 Å². The van der Waals surface area contributed by atoms with Crippen LogP contribution in [0.3, 0.4) is 0 Å². The molecule has 20 heavy (non-hydrogen) atoms. The molecule has 0 bridgehead atoms. The molecule has 0 aromatic rings. The van der Waals surface area contributed by atoms with Gasteiger partial charge >= 0.3 is 5.97 Å². The number of hydrogen-bond acceptors (Lipinski definition) is 4. The third-order valence-electron chi connectivity index (χ3n) is 5.54. The van der Waals surface area contributed by atoms with Crippen LogP contribution in [0, 0.1) is 23.2 Å². The van der Waals surface area contributed by atoms with Gasteiger partial charge in [0.25, 0.3) is 0 Å². The van der Waals surface area contributed by atoms with Crippen LogP contribution in [-0.4, -0.2) is 29.6 Å². The number of carbonyl (C=O) groups is 2. The highest BCUT2D eigenvalue weighted by molar-refractivity contribution is 5.87. The maximum atomic E-state index is 12.4. The maximum absolute atomic E-state index is 12.4. The van der Waals surface area contributed by atoms with Crippen LogP contribution >= 0.6 is 0 Å². The van der Waals surface area contributed by atoms with Gasteiger partial charge in [-0.25, -0.2) is 0 Å². The highest BCUT2D eigenvalue weighted by Crippen LogP contribution is 2.53. The van der Waals surface area contributed by atoms with E-state index in [9.17, 15) is 14.7 Å². The summed E-state index contributed by atoms with van der Waals surface area (Å²) in [6, 6.07) is 0. The van der Waals surface area contributed by atoms with Gasteiger partial charge in [-0.15, -0.1) is 0 Å². The molecule has 0 saturated heterocycles. The first-order valence-corrected chi connectivity index (χ1v) is 7.74. The van der Waals surface area contributed by atoms with E-state index in [4.69, 9.17) is 4.74 Å². The van der Waals surface area contributed by atoms with E-state index in [2.05, 4.69) is 6.92 Å². The Hall–Kier alpha value is -0.900. The molecule has 2 fully saturated rings. The molecule has 2 rings (SSSR count). The van der Waals surface area contributed by atoms with Crippen molar-refractivity contribution >= 4 is 11.8 Å². The van der Waals surface area contributed by atoms with Gasteiger partial charge in [0.15, 0.2) is 0 Å². The number of esters is 1. The molecule has 2 saturated carbocycles. The Bertz CT molecular complexity index is 392. The summed E-state index contributed by atoms with van der Waals surface area (Å²) >= 11 is 0. The van der Waals surface area contributed by atoms with Crippen LogP contribution in [0.2, 0.25) is 0 Å². The SMILES string of the molecule is CC(=O)OCC(C)[C@H]1CCC(=O)[C@]2(CCC[C@@H]2C)[C@H]1O. The number of hydrogen-bond donors (Lipinski definition) is 1. The molecule has 2 aliphatic rings. The molecule has 5 atom stereocenters. The summed E-state index contributed by atoms with van der Waals surface area (Å²) in [6.45, 7) is 5.82. The van der Waals surface area contributed by atoms with Crippen LogP contribution < -0.4 is 0 Å². The number of aliphatic hydroxyl groups is 1. The molecule has 4 heteroatoms. The second kappa shape index (κ2) is 5.84. The van der Waals surface area contributed by atoms with Crippen LogP contribution in [0.15, 0.2) is 0 Å². The van der Waals surface area contributed by atoms with Crippen LogP contribution in [-0.2, 0) is 14.3 Å². The number of Topliss-reactive ketones (excluding diaryl/α,β-unsaturated/α-hetero) is 1. The van der Waals surface area contributed by atoms with E-state index in [1.165, 1.54) is 6.92 Å². The van der Waals surface area contributed by atoms with Crippen molar-refractivity contribution in [2.75, 3.05) is 6.61 Å². The highest BCUT2D eigenvalue weighted by Gasteiger charge is 2.56. The zero-order valence-electron chi connectivity index (χ0n) is 12.7. The van der Waals surface area contributed by atoms with Crippen molar-refractivity contribution in [2.24, 2.45) is 23.2 Å². The Morgan fingerprint density at radius 3 is 2.75 bits per heavy atom. The van der Waals surface area contributed by atoms with E-state index < -0.39 is 11.5 Å². The van der Waals surface area contributed by atoms with Crippen LogP contribution in [0.25, 0.3) is 0 Å². The fourth-order valence-electron chi connectivity index (χ4n) is 4.26. The molecule has 0 aromatic carbocycles. The lowest BCUT2D eigenvalue weighted by atomic mass is 9.59. The van der Waals surface area contributed by atoms with E-state index in [-0.39, 0.29) is 29.5 Å². The van der Waals surface area contributed by atoms with Crippen molar-refractivity contribution in [1.82, 2.24) is 0 Å². The van der Waals surface area contributed by atoms with Gasteiger partial charge in [0.05, 0.1) is 18.1 Å². The first-order chi connectivity index (χ1) is 9.39. The Morgan fingerprint density at radius 2 is 2.20 bits per heavy atom. The van der Waals surface area contributed by atoms with Gasteiger partial charge in [-0.2, -0.15) is 0 Å². The second-order valence-corrected chi connectivity index (χ2v) is 6.68. The minimum absolute atomic E-state index is 0.0487. The van der Waals surface area contributed by atoms with E-state index in [1.807, 2.05) is 6.92 Å². The molecule has 0 amide bonds. The summed E-state index contributed by atoms with van der Waals surface area (Å²) < 4.78 is 5.07. The lowest BCUT2D eigenvalue weighted by Gasteiger charge is -2.46. The zero-order valence-corrected chi connectivity index (χ0v) is 12.7.